The number of hydrogen-bond acceptors (Lipinski definition) is 3. The Hall–Kier alpha value is -1.88. The van der Waals surface area contributed by atoms with Crippen molar-refractivity contribution < 1.29 is 9.59 Å². The molecule has 5 heteroatoms. The topological polar surface area (TPSA) is 84.2 Å². The second kappa shape index (κ2) is 7.13. The summed E-state index contributed by atoms with van der Waals surface area (Å²) in [5, 5.41) is 5.98. The van der Waals surface area contributed by atoms with E-state index in [1.54, 1.807) is 0 Å². The van der Waals surface area contributed by atoms with E-state index >= 15 is 0 Å². The highest BCUT2D eigenvalue weighted by atomic mass is 16.2. The molecule has 124 valence electrons. The number of amides is 2. The van der Waals surface area contributed by atoms with Crippen LogP contribution in [0.1, 0.15) is 48.0 Å². The summed E-state index contributed by atoms with van der Waals surface area (Å²) < 4.78 is 0. The number of benzene rings is 1. The van der Waals surface area contributed by atoms with Crippen molar-refractivity contribution in [2.45, 2.75) is 44.7 Å². The van der Waals surface area contributed by atoms with Crippen LogP contribution in [-0.4, -0.2) is 24.4 Å². The van der Waals surface area contributed by atoms with Gasteiger partial charge in [0.2, 0.25) is 5.91 Å². The van der Waals surface area contributed by atoms with Gasteiger partial charge in [-0.3, -0.25) is 9.59 Å². The number of carbonyl (C=O) groups excluding carboxylic acids is 2. The fourth-order valence-corrected chi connectivity index (χ4v) is 3.30. The molecule has 4 N–H and O–H groups in total. The van der Waals surface area contributed by atoms with Gasteiger partial charge in [0.1, 0.15) is 0 Å². The predicted molar refractivity (Wildman–Crippen MR) is 88.7 cm³/mol. The van der Waals surface area contributed by atoms with Gasteiger partial charge in [-0.1, -0.05) is 18.6 Å². The minimum atomic E-state index is -0.0281. The maximum atomic E-state index is 12.3. The lowest BCUT2D eigenvalue weighted by atomic mass is 9.95. The lowest BCUT2D eigenvalue weighted by Gasteiger charge is -2.17. The van der Waals surface area contributed by atoms with E-state index in [1.807, 2.05) is 24.3 Å². The van der Waals surface area contributed by atoms with Gasteiger partial charge in [-0.25, -0.2) is 0 Å². The molecule has 2 saturated carbocycles. The molecule has 1 aromatic carbocycles. The molecular formula is C18H25N3O2. The molecule has 2 amide bonds. The monoisotopic (exact) mass is 315 g/mol. The van der Waals surface area contributed by atoms with Crippen LogP contribution in [0.2, 0.25) is 0 Å². The zero-order valence-corrected chi connectivity index (χ0v) is 13.4. The quantitative estimate of drug-likeness (QED) is 0.745. The number of hydrogen-bond donors (Lipinski definition) is 3. The average Bonchev–Trinajstić information content (AvgIpc) is 3.25. The van der Waals surface area contributed by atoms with Crippen molar-refractivity contribution in [2.75, 3.05) is 6.54 Å². The summed E-state index contributed by atoms with van der Waals surface area (Å²) in [7, 11) is 0. The van der Waals surface area contributed by atoms with Gasteiger partial charge in [0.05, 0.1) is 0 Å². The van der Waals surface area contributed by atoms with Crippen LogP contribution < -0.4 is 16.4 Å². The van der Waals surface area contributed by atoms with E-state index in [9.17, 15) is 9.59 Å². The number of carbonyl (C=O) groups is 2. The first-order chi connectivity index (χ1) is 11.2. The largest absolute Gasteiger partial charge is 0.352 e. The van der Waals surface area contributed by atoms with Crippen LogP contribution >= 0.6 is 0 Å². The Balaban J connectivity index is 1.55. The van der Waals surface area contributed by atoms with Crippen molar-refractivity contribution >= 4 is 11.8 Å². The van der Waals surface area contributed by atoms with E-state index < -0.39 is 0 Å². The fraction of sp³-hybridized carbons (Fsp3) is 0.556. The Morgan fingerprint density at radius 3 is 2.74 bits per heavy atom. The number of nitrogens with two attached hydrogens (primary N) is 1. The molecule has 0 bridgehead atoms. The second-order valence-corrected chi connectivity index (χ2v) is 6.70. The summed E-state index contributed by atoms with van der Waals surface area (Å²) in [6.07, 6.45) is 5.20. The van der Waals surface area contributed by atoms with E-state index in [1.165, 1.54) is 0 Å². The first-order valence-corrected chi connectivity index (χ1v) is 8.55. The fourth-order valence-electron chi connectivity index (χ4n) is 3.30. The van der Waals surface area contributed by atoms with Crippen LogP contribution in [-0.2, 0) is 11.3 Å². The molecule has 2 aliphatic rings. The van der Waals surface area contributed by atoms with E-state index in [0.717, 1.165) is 37.7 Å². The van der Waals surface area contributed by atoms with Crippen LogP contribution in [0.15, 0.2) is 24.3 Å². The minimum Gasteiger partial charge on any atom is -0.352 e. The SMILES string of the molecule is NC[C@H]1CCC[C@H]1C(=O)NCc1cccc(C(=O)NC2CC2)c1. The maximum absolute atomic E-state index is 12.3. The summed E-state index contributed by atoms with van der Waals surface area (Å²) in [4.78, 5) is 24.4. The van der Waals surface area contributed by atoms with Gasteiger partial charge in [0.15, 0.2) is 0 Å². The minimum absolute atomic E-state index is 0.0281. The van der Waals surface area contributed by atoms with E-state index in [-0.39, 0.29) is 17.7 Å². The summed E-state index contributed by atoms with van der Waals surface area (Å²) in [5.41, 5.74) is 7.35. The van der Waals surface area contributed by atoms with Crippen molar-refractivity contribution in [3.05, 3.63) is 35.4 Å². The highest BCUT2D eigenvalue weighted by Gasteiger charge is 2.31. The highest BCUT2D eigenvalue weighted by Crippen LogP contribution is 2.31. The van der Waals surface area contributed by atoms with Crippen molar-refractivity contribution in [1.82, 2.24) is 10.6 Å². The second-order valence-electron chi connectivity index (χ2n) is 6.70. The van der Waals surface area contributed by atoms with Gasteiger partial charge in [0.25, 0.3) is 5.91 Å². The third-order valence-electron chi connectivity index (χ3n) is 4.87. The standard InChI is InChI=1S/C18H25N3O2/c19-10-14-5-2-6-16(14)18(23)20-11-12-3-1-4-13(9-12)17(22)21-15-7-8-15/h1,3-4,9,14-16H,2,5-8,10-11,19H2,(H,20,23)(H,21,22)/t14-,16-/m1/s1. The summed E-state index contributed by atoms with van der Waals surface area (Å²) in [6.45, 7) is 1.03. The Morgan fingerprint density at radius 2 is 2.00 bits per heavy atom. The van der Waals surface area contributed by atoms with Crippen molar-refractivity contribution in [3.8, 4) is 0 Å². The molecule has 0 unspecified atom stereocenters. The number of rotatable bonds is 6. The van der Waals surface area contributed by atoms with Crippen molar-refractivity contribution in [1.29, 1.82) is 0 Å². The maximum Gasteiger partial charge on any atom is 0.251 e. The lowest BCUT2D eigenvalue weighted by molar-refractivity contribution is -0.126. The lowest BCUT2D eigenvalue weighted by Crippen LogP contribution is -2.34. The molecule has 1 aromatic rings. The zero-order valence-electron chi connectivity index (χ0n) is 13.4. The van der Waals surface area contributed by atoms with Crippen LogP contribution in [0.5, 0.6) is 0 Å². The highest BCUT2D eigenvalue weighted by molar-refractivity contribution is 5.94. The number of nitrogens with one attached hydrogen (secondary N) is 2. The predicted octanol–water partition coefficient (Wildman–Crippen LogP) is 1.57. The van der Waals surface area contributed by atoms with Crippen LogP contribution in [0, 0.1) is 11.8 Å². The smallest absolute Gasteiger partial charge is 0.251 e. The Labute approximate surface area is 137 Å². The third-order valence-corrected chi connectivity index (χ3v) is 4.87. The molecule has 2 fully saturated rings. The Kier molecular flexibility index (Phi) is 4.96. The molecule has 0 saturated heterocycles. The van der Waals surface area contributed by atoms with E-state index in [0.29, 0.717) is 30.6 Å². The first-order valence-electron chi connectivity index (χ1n) is 8.55. The molecule has 0 aromatic heterocycles. The first kappa shape index (κ1) is 16.0. The van der Waals surface area contributed by atoms with E-state index in [2.05, 4.69) is 10.6 Å². The molecule has 5 nitrogen and oxygen atoms in total. The van der Waals surface area contributed by atoms with Gasteiger partial charge in [-0.15, -0.1) is 0 Å². The third kappa shape index (κ3) is 4.10. The molecule has 0 spiro atoms. The van der Waals surface area contributed by atoms with Crippen molar-refractivity contribution in [2.24, 2.45) is 17.6 Å². The van der Waals surface area contributed by atoms with Gasteiger partial charge in [-0.05, 0) is 55.8 Å². The van der Waals surface area contributed by atoms with Crippen LogP contribution in [0.25, 0.3) is 0 Å². The molecule has 0 heterocycles. The molecule has 23 heavy (non-hydrogen) atoms. The van der Waals surface area contributed by atoms with Crippen molar-refractivity contribution in [3.63, 3.8) is 0 Å². The van der Waals surface area contributed by atoms with Crippen LogP contribution in [0.4, 0.5) is 0 Å². The summed E-state index contributed by atoms with van der Waals surface area (Å²) in [5.74, 6) is 0.414. The van der Waals surface area contributed by atoms with Gasteiger partial charge in [0, 0.05) is 24.1 Å². The van der Waals surface area contributed by atoms with Crippen LogP contribution in [0.3, 0.4) is 0 Å². The molecular weight excluding hydrogens is 290 g/mol. The average molecular weight is 315 g/mol. The zero-order chi connectivity index (χ0) is 16.2. The molecule has 2 atom stereocenters. The van der Waals surface area contributed by atoms with Gasteiger partial charge < -0.3 is 16.4 Å². The summed E-state index contributed by atoms with van der Waals surface area (Å²) >= 11 is 0. The normalized spacial score (nSPS) is 23.5. The molecule has 0 radical (unpaired) electrons. The molecule has 0 aliphatic heterocycles. The molecule has 2 aliphatic carbocycles. The van der Waals surface area contributed by atoms with Gasteiger partial charge >= 0.3 is 0 Å². The van der Waals surface area contributed by atoms with E-state index in [4.69, 9.17) is 5.73 Å². The summed E-state index contributed by atoms with van der Waals surface area (Å²) in [6, 6.07) is 7.81. The Morgan fingerprint density at radius 1 is 1.17 bits per heavy atom. The Bertz CT molecular complexity index is 583. The molecule has 3 rings (SSSR count). The van der Waals surface area contributed by atoms with Gasteiger partial charge in [-0.2, -0.15) is 0 Å².